The quantitative estimate of drug-likeness (QED) is 0.705. The van der Waals surface area contributed by atoms with Crippen molar-refractivity contribution in [3.63, 3.8) is 0 Å². The fourth-order valence-corrected chi connectivity index (χ4v) is 5.93. The van der Waals surface area contributed by atoms with Crippen molar-refractivity contribution in [3.05, 3.63) is 34.4 Å². The normalized spacial score (nSPS) is 20.5. The maximum atomic E-state index is 4.94. The standard InChI is InChI=1S/C18H20N5S2/c1-10-7-13(22-23-9-11(2)20-16(10)23)14-8-15-18(24-14)21-17(25-15)12-3-5-19-6-4-12/h7-9,11-12,19H,3-6H2,1-2H3/q+1. The lowest BCUT2D eigenvalue weighted by atomic mass is 9.99. The van der Waals surface area contributed by atoms with Gasteiger partial charge < -0.3 is 5.32 Å². The number of thiazole rings is 1. The Kier molecular flexibility index (Phi) is 3.69. The van der Waals surface area contributed by atoms with Gasteiger partial charge >= 0.3 is 5.49 Å². The number of rotatable bonds is 2. The molecule has 2 aliphatic rings. The van der Waals surface area contributed by atoms with Crippen molar-refractivity contribution in [2.75, 3.05) is 13.1 Å². The van der Waals surface area contributed by atoms with E-state index < -0.39 is 0 Å². The fraction of sp³-hybridized carbons (Fsp3) is 0.444. The summed E-state index contributed by atoms with van der Waals surface area (Å²) in [6.45, 7) is 6.41. The summed E-state index contributed by atoms with van der Waals surface area (Å²) >= 11 is 3.61. The van der Waals surface area contributed by atoms with Crippen molar-refractivity contribution in [2.45, 2.75) is 38.6 Å². The van der Waals surface area contributed by atoms with Gasteiger partial charge in [0.05, 0.1) is 14.6 Å². The molecular weight excluding hydrogens is 350 g/mol. The van der Waals surface area contributed by atoms with Gasteiger partial charge in [-0.15, -0.1) is 27.0 Å². The fourth-order valence-electron chi connectivity index (χ4n) is 3.58. The molecule has 0 radical (unpaired) electrons. The first-order valence-electron chi connectivity index (χ1n) is 8.78. The summed E-state index contributed by atoms with van der Waals surface area (Å²) in [6, 6.07) is 4.60. The van der Waals surface area contributed by atoms with Crippen molar-refractivity contribution in [1.29, 1.82) is 0 Å². The van der Waals surface area contributed by atoms with Gasteiger partial charge in [-0.25, -0.2) is 4.98 Å². The molecule has 0 amide bonds. The highest BCUT2D eigenvalue weighted by molar-refractivity contribution is 7.28. The zero-order valence-corrected chi connectivity index (χ0v) is 16.0. The van der Waals surface area contributed by atoms with E-state index in [2.05, 4.69) is 42.5 Å². The number of nitrogens with one attached hydrogen (secondary N) is 1. The van der Waals surface area contributed by atoms with Crippen molar-refractivity contribution < 1.29 is 4.36 Å². The van der Waals surface area contributed by atoms with E-state index in [-0.39, 0.29) is 6.04 Å². The smallest absolute Gasteiger partial charge is 0.317 e. The summed E-state index contributed by atoms with van der Waals surface area (Å²) in [4.78, 5) is 11.9. The molecule has 5 nitrogen and oxygen atoms in total. The van der Waals surface area contributed by atoms with Gasteiger partial charge in [0.1, 0.15) is 16.7 Å². The maximum Gasteiger partial charge on any atom is 0.346 e. The third kappa shape index (κ3) is 2.70. The maximum absolute atomic E-state index is 4.94. The van der Waals surface area contributed by atoms with Crippen LogP contribution in [0.4, 0.5) is 0 Å². The van der Waals surface area contributed by atoms with E-state index in [1.165, 1.54) is 33.0 Å². The summed E-state index contributed by atoms with van der Waals surface area (Å²) < 4.78 is 3.22. The van der Waals surface area contributed by atoms with E-state index in [4.69, 9.17) is 10.1 Å². The van der Waals surface area contributed by atoms with Crippen LogP contribution in [0.3, 0.4) is 0 Å². The summed E-state index contributed by atoms with van der Waals surface area (Å²) in [5.41, 5.74) is 3.16. The van der Waals surface area contributed by atoms with Gasteiger partial charge in [-0.3, -0.25) is 0 Å². The lowest BCUT2D eigenvalue weighted by molar-refractivity contribution is -0.589. The van der Waals surface area contributed by atoms with Crippen LogP contribution in [-0.2, 0) is 0 Å². The Bertz CT molecular complexity index is 1040. The number of nitrogens with zero attached hydrogens (tertiary/aromatic N) is 4. The van der Waals surface area contributed by atoms with Crippen molar-refractivity contribution in [3.8, 4) is 10.6 Å². The van der Waals surface area contributed by atoms with Gasteiger partial charge in [0.25, 0.3) is 0 Å². The molecule has 1 unspecified atom stereocenters. The molecule has 128 valence electrons. The van der Waals surface area contributed by atoms with Gasteiger partial charge in [0.15, 0.2) is 6.04 Å². The minimum atomic E-state index is 0.197. The molecule has 0 bridgehead atoms. The first-order valence-corrected chi connectivity index (χ1v) is 10.4. The van der Waals surface area contributed by atoms with Crippen LogP contribution < -0.4 is 15.2 Å². The summed E-state index contributed by atoms with van der Waals surface area (Å²) in [6.07, 6.45) is 4.47. The first kappa shape index (κ1) is 15.5. The Morgan fingerprint density at radius 3 is 2.84 bits per heavy atom. The van der Waals surface area contributed by atoms with Crippen LogP contribution in [-0.4, -0.2) is 29.2 Å². The summed E-state index contributed by atoms with van der Waals surface area (Å²) in [7, 11) is 0. The Morgan fingerprint density at radius 1 is 1.20 bits per heavy atom. The molecule has 25 heavy (non-hydrogen) atoms. The second kappa shape index (κ2) is 5.93. The van der Waals surface area contributed by atoms with E-state index in [0.29, 0.717) is 5.92 Å². The highest BCUT2D eigenvalue weighted by atomic mass is 32.1. The predicted molar refractivity (Wildman–Crippen MR) is 101 cm³/mol. The van der Waals surface area contributed by atoms with Crippen LogP contribution in [0.15, 0.2) is 17.1 Å². The van der Waals surface area contributed by atoms with Gasteiger partial charge in [-0.05, 0) is 51.9 Å². The van der Waals surface area contributed by atoms with Gasteiger partial charge in [0.2, 0.25) is 0 Å². The Morgan fingerprint density at radius 2 is 2.04 bits per heavy atom. The van der Waals surface area contributed by atoms with Crippen LogP contribution in [0.25, 0.3) is 20.1 Å². The lowest BCUT2D eigenvalue weighted by Crippen LogP contribution is -2.40. The topological polar surface area (TPSA) is 56.1 Å². The van der Waals surface area contributed by atoms with Crippen LogP contribution in [0.1, 0.15) is 36.3 Å². The zero-order chi connectivity index (χ0) is 17.0. The molecule has 2 aliphatic heterocycles. The summed E-state index contributed by atoms with van der Waals surface area (Å²) in [5.74, 6) is 0.628. The number of thiophene rings is 1. The molecule has 5 heterocycles. The number of aryl methyl sites for hydroxylation is 1. The van der Waals surface area contributed by atoms with E-state index >= 15 is 0 Å². The number of piperidine rings is 1. The van der Waals surface area contributed by atoms with Crippen molar-refractivity contribution in [2.24, 2.45) is 4.99 Å². The molecule has 5 rings (SSSR count). The zero-order valence-electron chi connectivity index (χ0n) is 14.3. The SMILES string of the molecule is Cc1cc(-c2cc3sc(C4CCNCC4)nc3s2)n[n+]2c1=NC(C)C=2. The third-order valence-electron chi connectivity index (χ3n) is 4.87. The molecule has 0 saturated carbocycles. The molecule has 1 N–H and O–H groups in total. The Labute approximate surface area is 153 Å². The molecular formula is C18H20N5S2+. The molecule has 3 aromatic rings. The number of aromatic nitrogens is 3. The Hall–Kier alpha value is -1.70. The second-order valence-electron chi connectivity index (χ2n) is 6.86. The first-order chi connectivity index (χ1) is 12.2. The molecule has 1 fully saturated rings. The van der Waals surface area contributed by atoms with Crippen LogP contribution in [0, 0.1) is 13.1 Å². The van der Waals surface area contributed by atoms with Crippen LogP contribution in [0.5, 0.6) is 0 Å². The average molecular weight is 371 g/mol. The molecule has 1 saturated heterocycles. The molecule has 0 aliphatic carbocycles. The van der Waals surface area contributed by atoms with Crippen LogP contribution in [0.2, 0.25) is 0 Å². The molecule has 0 aromatic carbocycles. The third-order valence-corrected chi connectivity index (χ3v) is 7.21. The van der Waals surface area contributed by atoms with E-state index in [1.54, 1.807) is 11.3 Å². The molecule has 3 aromatic heterocycles. The minimum Gasteiger partial charge on any atom is -0.317 e. The van der Waals surface area contributed by atoms with E-state index in [1.807, 2.05) is 15.7 Å². The molecule has 1 atom stereocenters. The monoisotopic (exact) mass is 370 g/mol. The van der Waals surface area contributed by atoms with Crippen LogP contribution >= 0.6 is 22.7 Å². The van der Waals surface area contributed by atoms with Gasteiger partial charge in [-0.2, -0.15) is 0 Å². The van der Waals surface area contributed by atoms with E-state index in [0.717, 1.165) is 29.1 Å². The van der Waals surface area contributed by atoms with Crippen molar-refractivity contribution in [1.82, 2.24) is 15.4 Å². The number of fused-ring (bicyclic) bond motifs is 2. The summed E-state index contributed by atoms with van der Waals surface area (Å²) in [5, 5.41) is 9.51. The molecule has 0 spiro atoms. The molecule has 7 heteroatoms. The second-order valence-corrected chi connectivity index (χ2v) is 8.95. The number of hydrogen-bond donors (Lipinski definition) is 1. The Balaban J connectivity index is 1.53. The van der Waals surface area contributed by atoms with Gasteiger partial charge in [-0.1, -0.05) is 10.1 Å². The minimum absolute atomic E-state index is 0.197. The van der Waals surface area contributed by atoms with E-state index in [9.17, 15) is 0 Å². The lowest BCUT2D eigenvalue weighted by Gasteiger charge is -2.20. The highest BCUT2D eigenvalue weighted by Crippen LogP contribution is 2.39. The number of hydrogen-bond acceptors (Lipinski definition) is 6. The van der Waals surface area contributed by atoms with Crippen molar-refractivity contribution >= 4 is 32.2 Å². The van der Waals surface area contributed by atoms with Gasteiger partial charge in [0, 0.05) is 11.5 Å². The average Bonchev–Trinajstić information content (AvgIpc) is 3.27. The predicted octanol–water partition coefficient (Wildman–Crippen LogP) is 2.51. The largest absolute Gasteiger partial charge is 0.346 e. The highest BCUT2D eigenvalue weighted by Gasteiger charge is 2.22.